The third-order valence-electron chi connectivity index (χ3n) is 3.89. The highest BCUT2D eigenvalue weighted by molar-refractivity contribution is 7.99. The molecule has 0 saturated heterocycles. The summed E-state index contributed by atoms with van der Waals surface area (Å²) >= 11 is 1.20. The quantitative estimate of drug-likeness (QED) is 0.582. The van der Waals surface area contributed by atoms with E-state index in [1.165, 1.54) is 28.5 Å². The Morgan fingerprint density at radius 1 is 1.11 bits per heavy atom. The Morgan fingerprint density at radius 3 is 2.59 bits per heavy atom. The number of amides is 1. The van der Waals surface area contributed by atoms with Gasteiger partial charge in [0.15, 0.2) is 5.16 Å². The number of benzene rings is 2. The zero-order valence-electron chi connectivity index (χ0n) is 14.5. The van der Waals surface area contributed by atoms with E-state index in [-0.39, 0.29) is 23.2 Å². The number of rotatable bonds is 8. The minimum Gasteiger partial charge on any atom is -0.355 e. The predicted molar refractivity (Wildman–Crippen MR) is 102 cm³/mol. The minimum atomic E-state index is -0.307. The van der Waals surface area contributed by atoms with E-state index < -0.39 is 0 Å². The van der Waals surface area contributed by atoms with Crippen LogP contribution in [0.3, 0.4) is 0 Å². The fraction of sp³-hybridized carbons (Fsp3) is 0.211. The Labute approximate surface area is 159 Å². The van der Waals surface area contributed by atoms with E-state index in [1.54, 1.807) is 12.1 Å². The van der Waals surface area contributed by atoms with Crippen LogP contribution in [0, 0.1) is 5.82 Å². The van der Waals surface area contributed by atoms with E-state index in [0.29, 0.717) is 24.7 Å². The van der Waals surface area contributed by atoms with E-state index >= 15 is 0 Å². The second kappa shape index (κ2) is 9.18. The molecule has 27 heavy (non-hydrogen) atoms. The first kappa shape index (κ1) is 18.9. The van der Waals surface area contributed by atoms with Crippen LogP contribution >= 0.6 is 11.8 Å². The highest BCUT2D eigenvalue weighted by Gasteiger charge is 2.11. The molecule has 0 aliphatic carbocycles. The molecule has 2 aromatic carbocycles. The van der Waals surface area contributed by atoms with Crippen molar-refractivity contribution in [3.63, 3.8) is 0 Å². The fourth-order valence-corrected chi connectivity index (χ4v) is 3.27. The number of carbonyl (C=O) groups is 1. The topological polar surface area (TPSA) is 79.8 Å². The minimum absolute atomic E-state index is 0.149. The highest BCUT2D eigenvalue weighted by atomic mass is 32.2. The number of hydrogen-bond acceptors (Lipinski definition) is 4. The molecule has 1 amide bonds. The maximum Gasteiger partial charge on any atom is 0.344 e. The van der Waals surface area contributed by atoms with Crippen LogP contribution < -0.4 is 11.0 Å². The van der Waals surface area contributed by atoms with Gasteiger partial charge in [-0.25, -0.2) is 14.3 Å². The Bertz CT molecular complexity index is 938. The van der Waals surface area contributed by atoms with Gasteiger partial charge in [-0.15, -0.1) is 5.10 Å². The standard InChI is InChI=1S/C19H19FN4O2S/c20-16-8-6-14(7-9-16)10-11-21-17(25)13-27-19-23-22-18(26)24(19)12-15-4-2-1-3-5-15/h1-9H,10-13H2,(H,21,25)(H,22,26). The van der Waals surface area contributed by atoms with Crippen molar-refractivity contribution in [1.29, 1.82) is 0 Å². The summed E-state index contributed by atoms with van der Waals surface area (Å²) in [5.74, 6) is -0.272. The highest BCUT2D eigenvalue weighted by Crippen LogP contribution is 2.14. The molecule has 1 aromatic heterocycles. The normalized spacial score (nSPS) is 10.7. The lowest BCUT2D eigenvalue weighted by atomic mass is 10.1. The average Bonchev–Trinajstić information content (AvgIpc) is 3.02. The van der Waals surface area contributed by atoms with Gasteiger partial charge < -0.3 is 5.32 Å². The number of halogens is 1. The largest absolute Gasteiger partial charge is 0.355 e. The molecule has 8 heteroatoms. The molecule has 0 atom stereocenters. The summed E-state index contributed by atoms with van der Waals surface area (Å²) in [7, 11) is 0. The lowest BCUT2D eigenvalue weighted by Crippen LogP contribution is -2.27. The van der Waals surface area contributed by atoms with Crippen LogP contribution in [-0.4, -0.2) is 33.0 Å². The van der Waals surface area contributed by atoms with Gasteiger partial charge in [-0.1, -0.05) is 54.2 Å². The summed E-state index contributed by atoms with van der Waals surface area (Å²) in [4.78, 5) is 24.0. The Hall–Kier alpha value is -2.87. The van der Waals surface area contributed by atoms with Crippen molar-refractivity contribution in [2.24, 2.45) is 0 Å². The first-order valence-electron chi connectivity index (χ1n) is 8.45. The van der Waals surface area contributed by atoms with Gasteiger partial charge in [0.1, 0.15) is 5.82 Å². The molecule has 140 valence electrons. The molecule has 0 bridgehead atoms. The number of H-pyrrole nitrogens is 1. The van der Waals surface area contributed by atoms with E-state index in [1.807, 2.05) is 30.3 Å². The molecular weight excluding hydrogens is 367 g/mol. The van der Waals surface area contributed by atoms with Gasteiger partial charge >= 0.3 is 5.69 Å². The monoisotopic (exact) mass is 386 g/mol. The van der Waals surface area contributed by atoms with Crippen LogP contribution in [0.15, 0.2) is 64.5 Å². The Balaban J connectivity index is 1.49. The summed E-state index contributed by atoms with van der Waals surface area (Å²) in [5, 5.41) is 9.70. The van der Waals surface area contributed by atoms with E-state index in [0.717, 1.165) is 11.1 Å². The second-order valence-electron chi connectivity index (χ2n) is 5.90. The smallest absolute Gasteiger partial charge is 0.344 e. The molecule has 0 aliphatic heterocycles. The summed E-state index contributed by atoms with van der Waals surface area (Å²) in [6, 6.07) is 15.8. The van der Waals surface area contributed by atoms with Crippen LogP contribution in [-0.2, 0) is 17.8 Å². The van der Waals surface area contributed by atoms with Crippen LogP contribution in [0.4, 0.5) is 4.39 Å². The lowest BCUT2D eigenvalue weighted by Gasteiger charge is -2.07. The fourth-order valence-electron chi connectivity index (χ4n) is 2.50. The van der Waals surface area contributed by atoms with Gasteiger partial charge in [0.25, 0.3) is 0 Å². The maximum atomic E-state index is 12.9. The molecule has 0 saturated carbocycles. The van der Waals surface area contributed by atoms with Crippen LogP contribution in [0.1, 0.15) is 11.1 Å². The molecule has 1 heterocycles. The van der Waals surface area contributed by atoms with Crippen molar-refractivity contribution in [3.05, 3.63) is 82.0 Å². The Kier molecular flexibility index (Phi) is 6.43. The first-order valence-corrected chi connectivity index (χ1v) is 9.43. The molecule has 3 aromatic rings. The van der Waals surface area contributed by atoms with Crippen molar-refractivity contribution in [2.75, 3.05) is 12.3 Å². The zero-order chi connectivity index (χ0) is 19.1. The number of nitrogens with one attached hydrogen (secondary N) is 2. The lowest BCUT2D eigenvalue weighted by molar-refractivity contribution is -0.118. The van der Waals surface area contributed by atoms with Crippen LogP contribution in [0.2, 0.25) is 0 Å². The molecule has 6 nitrogen and oxygen atoms in total. The third kappa shape index (κ3) is 5.55. The molecule has 0 spiro atoms. The molecule has 0 aliphatic rings. The average molecular weight is 386 g/mol. The van der Waals surface area contributed by atoms with Crippen molar-refractivity contribution in [1.82, 2.24) is 20.1 Å². The summed E-state index contributed by atoms with van der Waals surface area (Å²) in [6.07, 6.45) is 0.623. The Morgan fingerprint density at radius 2 is 1.85 bits per heavy atom. The van der Waals surface area contributed by atoms with Crippen LogP contribution in [0.25, 0.3) is 0 Å². The van der Waals surface area contributed by atoms with Gasteiger partial charge in [-0.2, -0.15) is 0 Å². The summed E-state index contributed by atoms with van der Waals surface area (Å²) < 4.78 is 14.4. The van der Waals surface area contributed by atoms with Crippen molar-refractivity contribution >= 4 is 17.7 Å². The van der Waals surface area contributed by atoms with Gasteiger partial charge in [-0.3, -0.25) is 9.36 Å². The number of aromatic nitrogens is 3. The second-order valence-corrected chi connectivity index (χ2v) is 6.84. The van der Waals surface area contributed by atoms with Crippen LogP contribution in [0.5, 0.6) is 0 Å². The molecule has 0 radical (unpaired) electrons. The SMILES string of the molecule is O=C(CSc1n[nH]c(=O)n1Cc1ccccc1)NCCc1ccc(F)cc1. The molecular formula is C19H19FN4O2S. The van der Waals surface area contributed by atoms with E-state index in [2.05, 4.69) is 15.5 Å². The summed E-state index contributed by atoms with van der Waals surface area (Å²) in [5.41, 5.74) is 1.62. The van der Waals surface area contributed by atoms with Crippen molar-refractivity contribution in [2.45, 2.75) is 18.1 Å². The van der Waals surface area contributed by atoms with Crippen molar-refractivity contribution in [3.8, 4) is 0 Å². The number of aromatic amines is 1. The number of thioether (sulfide) groups is 1. The van der Waals surface area contributed by atoms with Gasteiger partial charge in [0.2, 0.25) is 5.91 Å². The van der Waals surface area contributed by atoms with E-state index in [4.69, 9.17) is 0 Å². The predicted octanol–water partition coefficient (Wildman–Crippen LogP) is 2.21. The van der Waals surface area contributed by atoms with Gasteiger partial charge in [-0.05, 0) is 29.7 Å². The van der Waals surface area contributed by atoms with Crippen molar-refractivity contribution < 1.29 is 9.18 Å². The number of carbonyl (C=O) groups excluding carboxylic acids is 1. The first-order chi connectivity index (χ1) is 13.1. The third-order valence-corrected chi connectivity index (χ3v) is 4.86. The summed E-state index contributed by atoms with van der Waals surface area (Å²) in [6.45, 7) is 0.854. The van der Waals surface area contributed by atoms with E-state index in [9.17, 15) is 14.0 Å². The molecule has 3 rings (SSSR count). The number of hydrogen-bond donors (Lipinski definition) is 2. The molecule has 0 fully saturated rings. The molecule has 0 unspecified atom stereocenters. The maximum absolute atomic E-state index is 12.9. The number of nitrogens with zero attached hydrogens (tertiary/aromatic N) is 2. The zero-order valence-corrected chi connectivity index (χ0v) is 15.3. The van der Waals surface area contributed by atoms with Gasteiger partial charge in [0, 0.05) is 6.54 Å². The molecule has 2 N–H and O–H groups in total. The van der Waals surface area contributed by atoms with Gasteiger partial charge in [0.05, 0.1) is 12.3 Å².